The van der Waals surface area contributed by atoms with Crippen molar-refractivity contribution in [1.82, 2.24) is 0 Å². The summed E-state index contributed by atoms with van der Waals surface area (Å²) in [6.45, 7) is 0. The molecule has 1 heteroatoms. The Kier molecular flexibility index (Phi) is 2.25. The molecule has 88 valence electrons. The van der Waals surface area contributed by atoms with Crippen LogP contribution in [-0.2, 0) is 12.8 Å². The Morgan fingerprint density at radius 3 is 2.56 bits per heavy atom. The van der Waals surface area contributed by atoms with Gasteiger partial charge in [0.25, 0.3) is 0 Å². The molecule has 4 rings (SSSR count). The van der Waals surface area contributed by atoms with E-state index >= 15 is 0 Å². The first-order chi connectivity index (χ1) is 8.83. The van der Waals surface area contributed by atoms with Gasteiger partial charge in [0.15, 0.2) is 0 Å². The molecular formula is C17H13Br. The molecule has 0 spiro atoms. The van der Waals surface area contributed by atoms with Gasteiger partial charge in [-0.25, -0.2) is 0 Å². The van der Waals surface area contributed by atoms with Crippen LogP contribution in [0.1, 0.15) is 28.7 Å². The summed E-state index contributed by atoms with van der Waals surface area (Å²) in [7, 11) is 0. The van der Waals surface area contributed by atoms with Crippen LogP contribution in [0.4, 0.5) is 0 Å². The predicted molar refractivity (Wildman–Crippen MR) is 79.4 cm³/mol. The second-order valence-corrected chi connectivity index (χ2v) is 6.01. The monoisotopic (exact) mass is 296 g/mol. The molecule has 0 aliphatic heterocycles. The highest BCUT2D eigenvalue weighted by Crippen LogP contribution is 2.45. The number of allylic oxidation sites excluding steroid dienone is 2. The highest BCUT2D eigenvalue weighted by atomic mass is 79.9. The van der Waals surface area contributed by atoms with Gasteiger partial charge in [0, 0.05) is 4.47 Å². The number of hydrogen-bond acceptors (Lipinski definition) is 0. The van der Waals surface area contributed by atoms with E-state index in [0.717, 1.165) is 6.42 Å². The van der Waals surface area contributed by atoms with Crippen molar-refractivity contribution < 1.29 is 0 Å². The summed E-state index contributed by atoms with van der Waals surface area (Å²) in [5.41, 5.74) is 9.09. The molecule has 18 heavy (non-hydrogen) atoms. The van der Waals surface area contributed by atoms with Crippen LogP contribution in [-0.4, -0.2) is 0 Å². The summed E-state index contributed by atoms with van der Waals surface area (Å²) in [6, 6.07) is 15.6. The normalized spacial score (nSPS) is 16.3. The molecule has 0 nitrogen and oxygen atoms in total. The van der Waals surface area contributed by atoms with Gasteiger partial charge in [-0.05, 0) is 64.8 Å². The van der Waals surface area contributed by atoms with Crippen LogP contribution in [0.15, 0.2) is 46.9 Å². The Morgan fingerprint density at radius 2 is 1.61 bits per heavy atom. The van der Waals surface area contributed by atoms with E-state index in [2.05, 4.69) is 58.4 Å². The van der Waals surface area contributed by atoms with Gasteiger partial charge in [0.05, 0.1) is 0 Å². The van der Waals surface area contributed by atoms with Crippen LogP contribution in [0.25, 0.3) is 11.1 Å². The number of halogens is 1. The van der Waals surface area contributed by atoms with E-state index in [1.54, 1.807) is 11.1 Å². The highest BCUT2D eigenvalue weighted by Gasteiger charge is 2.26. The zero-order valence-corrected chi connectivity index (χ0v) is 11.6. The number of fused-ring (bicyclic) bond motifs is 4. The number of aryl methyl sites for hydroxylation is 1. The lowest BCUT2D eigenvalue weighted by Gasteiger charge is -2.18. The fourth-order valence-electron chi connectivity index (χ4n) is 3.30. The standard InChI is InChI=1S/C17H13Br/c18-13-6-8-15-12(9-13)10-17-14-4-2-1-3-11(14)5-7-16(15)17/h1-4,6,8-9H,5,7,10H2. The number of hydrogen-bond donors (Lipinski definition) is 0. The van der Waals surface area contributed by atoms with Gasteiger partial charge < -0.3 is 0 Å². The van der Waals surface area contributed by atoms with E-state index in [9.17, 15) is 0 Å². The first kappa shape index (κ1) is 10.6. The number of rotatable bonds is 0. The molecule has 2 aromatic carbocycles. The second kappa shape index (κ2) is 3.83. The summed E-state index contributed by atoms with van der Waals surface area (Å²) >= 11 is 3.58. The van der Waals surface area contributed by atoms with E-state index in [1.807, 2.05) is 0 Å². The minimum absolute atomic E-state index is 1.10. The van der Waals surface area contributed by atoms with Crippen molar-refractivity contribution in [3.05, 3.63) is 69.2 Å². The maximum atomic E-state index is 3.58. The average Bonchev–Trinajstić information content (AvgIpc) is 2.76. The van der Waals surface area contributed by atoms with Crippen molar-refractivity contribution >= 4 is 27.1 Å². The molecule has 0 atom stereocenters. The molecule has 0 heterocycles. The van der Waals surface area contributed by atoms with E-state index in [0.29, 0.717) is 0 Å². The molecule has 0 unspecified atom stereocenters. The molecule has 2 aliphatic carbocycles. The summed E-state index contributed by atoms with van der Waals surface area (Å²) in [5.74, 6) is 0. The average molecular weight is 297 g/mol. The van der Waals surface area contributed by atoms with E-state index in [1.165, 1.54) is 39.6 Å². The highest BCUT2D eigenvalue weighted by molar-refractivity contribution is 9.10. The topological polar surface area (TPSA) is 0 Å². The van der Waals surface area contributed by atoms with Crippen molar-refractivity contribution in [3.63, 3.8) is 0 Å². The maximum Gasteiger partial charge on any atom is 0.0178 e. The lowest BCUT2D eigenvalue weighted by molar-refractivity contribution is 0.996. The van der Waals surface area contributed by atoms with Gasteiger partial charge >= 0.3 is 0 Å². The van der Waals surface area contributed by atoms with Gasteiger partial charge in [0.1, 0.15) is 0 Å². The third-order valence-corrected chi connectivity index (χ3v) is 4.60. The third kappa shape index (κ3) is 1.44. The predicted octanol–water partition coefficient (Wildman–Crippen LogP) is 4.86. The minimum atomic E-state index is 1.10. The first-order valence-corrected chi connectivity index (χ1v) is 7.21. The smallest absolute Gasteiger partial charge is 0.0178 e. The van der Waals surface area contributed by atoms with Gasteiger partial charge in [-0.3, -0.25) is 0 Å². The zero-order chi connectivity index (χ0) is 12.1. The molecular weight excluding hydrogens is 284 g/mol. The molecule has 0 saturated carbocycles. The van der Waals surface area contributed by atoms with E-state index in [4.69, 9.17) is 0 Å². The van der Waals surface area contributed by atoms with Crippen LogP contribution in [0.5, 0.6) is 0 Å². The van der Waals surface area contributed by atoms with Gasteiger partial charge in [-0.2, -0.15) is 0 Å². The Labute approximate surface area is 115 Å². The third-order valence-electron chi connectivity index (χ3n) is 4.11. The quantitative estimate of drug-likeness (QED) is 0.651. The molecule has 2 aliphatic rings. The van der Waals surface area contributed by atoms with Crippen LogP contribution >= 0.6 is 15.9 Å². The van der Waals surface area contributed by atoms with Gasteiger partial charge in [0.2, 0.25) is 0 Å². The van der Waals surface area contributed by atoms with E-state index in [-0.39, 0.29) is 0 Å². The Bertz CT molecular complexity index is 680. The zero-order valence-electron chi connectivity index (χ0n) is 10.0. The van der Waals surface area contributed by atoms with Crippen molar-refractivity contribution in [3.8, 4) is 0 Å². The number of benzene rings is 2. The van der Waals surface area contributed by atoms with Gasteiger partial charge in [-0.15, -0.1) is 0 Å². The molecule has 0 fully saturated rings. The van der Waals surface area contributed by atoms with Crippen molar-refractivity contribution in [1.29, 1.82) is 0 Å². The van der Waals surface area contributed by atoms with Gasteiger partial charge in [-0.1, -0.05) is 46.3 Å². The Balaban J connectivity index is 1.92. The summed E-state index contributed by atoms with van der Waals surface area (Å²) < 4.78 is 1.19. The molecule has 0 bridgehead atoms. The summed E-state index contributed by atoms with van der Waals surface area (Å²) in [4.78, 5) is 0. The SMILES string of the molecule is Brc1ccc2c(c1)CC1=C2CCc2ccccc21. The largest absolute Gasteiger partial charge is 0.0620 e. The van der Waals surface area contributed by atoms with Crippen LogP contribution in [0, 0.1) is 0 Å². The van der Waals surface area contributed by atoms with Crippen LogP contribution in [0.2, 0.25) is 0 Å². The fourth-order valence-corrected chi connectivity index (χ4v) is 3.71. The molecule has 2 aromatic rings. The van der Waals surface area contributed by atoms with Crippen LogP contribution < -0.4 is 0 Å². The lowest BCUT2D eigenvalue weighted by Crippen LogP contribution is -2.01. The summed E-state index contributed by atoms with van der Waals surface area (Å²) in [5, 5.41) is 0. The molecule has 0 amide bonds. The minimum Gasteiger partial charge on any atom is -0.0620 e. The Hall–Kier alpha value is -1.34. The van der Waals surface area contributed by atoms with Crippen molar-refractivity contribution in [2.75, 3.05) is 0 Å². The Morgan fingerprint density at radius 1 is 0.778 bits per heavy atom. The fraction of sp³-hybridized carbons (Fsp3) is 0.176. The van der Waals surface area contributed by atoms with Crippen LogP contribution in [0.3, 0.4) is 0 Å². The summed E-state index contributed by atoms with van der Waals surface area (Å²) in [6.07, 6.45) is 3.48. The molecule has 0 radical (unpaired) electrons. The first-order valence-electron chi connectivity index (χ1n) is 6.42. The van der Waals surface area contributed by atoms with E-state index < -0.39 is 0 Å². The lowest BCUT2D eigenvalue weighted by atomic mass is 9.86. The second-order valence-electron chi connectivity index (χ2n) is 5.09. The van der Waals surface area contributed by atoms with Crippen molar-refractivity contribution in [2.45, 2.75) is 19.3 Å². The molecule has 0 aromatic heterocycles. The molecule has 0 saturated heterocycles. The van der Waals surface area contributed by atoms with Crippen molar-refractivity contribution in [2.24, 2.45) is 0 Å². The maximum absolute atomic E-state index is 3.58. The molecule has 0 N–H and O–H groups in total.